The van der Waals surface area contributed by atoms with Crippen LogP contribution in [0.2, 0.25) is 0 Å². The number of likely N-dealkylation sites (tertiary alicyclic amines) is 1. The van der Waals surface area contributed by atoms with Crippen LogP contribution in [-0.2, 0) is 0 Å². The first kappa shape index (κ1) is 10.7. The molecule has 1 heterocycles. The molecule has 15 heavy (non-hydrogen) atoms. The smallest absolute Gasteiger partial charge is 0.101 e. The van der Waals surface area contributed by atoms with Gasteiger partial charge in [-0.2, -0.15) is 7.05 Å². The first-order valence-corrected chi connectivity index (χ1v) is 5.80. The standard InChI is InChI=1S/C13H20N2/c1-14-13(11-15-9-5-6-10-15)12-7-3-2-4-8-12/h2-4,7-8,13H,1,5-6,9-11,14H2. The molecule has 2 N–H and O–H groups in total. The van der Waals surface area contributed by atoms with Gasteiger partial charge < -0.3 is 5.32 Å². The zero-order valence-electron chi connectivity index (χ0n) is 9.23. The van der Waals surface area contributed by atoms with E-state index in [-0.39, 0.29) is 0 Å². The predicted octanol–water partition coefficient (Wildman–Crippen LogP) is 1.18. The van der Waals surface area contributed by atoms with Crippen molar-refractivity contribution in [2.24, 2.45) is 0 Å². The molecule has 0 saturated carbocycles. The first-order chi connectivity index (χ1) is 7.40. The van der Waals surface area contributed by atoms with Gasteiger partial charge in [0.25, 0.3) is 0 Å². The lowest BCUT2D eigenvalue weighted by atomic mass is 10.1. The maximum absolute atomic E-state index is 3.95. The molecule has 0 spiro atoms. The largest absolute Gasteiger partial charge is 0.472 e. The van der Waals surface area contributed by atoms with Gasteiger partial charge in [-0.25, -0.2) is 0 Å². The van der Waals surface area contributed by atoms with Gasteiger partial charge in [0.15, 0.2) is 0 Å². The van der Waals surface area contributed by atoms with Crippen LogP contribution in [0.15, 0.2) is 30.3 Å². The molecule has 1 aliphatic heterocycles. The quantitative estimate of drug-likeness (QED) is 0.730. The fourth-order valence-electron chi connectivity index (χ4n) is 2.26. The second-order valence-electron chi connectivity index (χ2n) is 4.26. The molecule has 2 nitrogen and oxygen atoms in total. The molecule has 0 aliphatic carbocycles. The van der Waals surface area contributed by atoms with Crippen LogP contribution in [0.4, 0.5) is 0 Å². The zero-order valence-corrected chi connectivity index (χ0v) is 9.23. The average molecular weight is 204 g/mol. The molecule has 1 fully saturated rings. The van der Waals surface area contributed by atoms with E-state index in [4.69, 9.17) is 0 Å². The number of hydrogen-bond acceptors (Lipinski definition) is 1. The van der Waals surface area contributed by atoms with Crippen molar-refractivity contribution in [2.75, 3.05) is 19.6 Å². The molecule has 0 bridgehead atoms. The van der Waals surface area contributed by atoms with E-state index in [1.807, 2.05) is 0 Å². The Labute approximate surface area is 92.3 Å². The summed E-state index contributed by atoms with van der Waals surface area (Å²) in [6, 6.07) is 11.2. The Balaban J connectivity index is 1.97. The van der Waals surface area contributed by atoms with E-state index >= 15 is 0 Å². The maximum Gasteiger partial charge on any atom is 0.101 e. The number of quaternary nitrogens is 1. The van der Waals surface area contributed by atoms with Gasteiger partial charge in [0.1, 0.15) is 6.04 Å². The van der Waals surface area contributed by atoms with E-state index in [0.717, 1.165) is 6.54 Å². The van der Waals surface area contributed by atoms with Crippen LogP contribution in [-0.4, -0.2) is 24.5 Å². The molecule has 1 unspecified atom stereocenters. The average Bonchev–Trinajstić information content (AvgIpc) is 2.80. The molecular weight excluding hydrogens is 184 g/mol. The van der Waals surface area contributed by atoms with E-state index in [2.05, 4.69) is 47.6 Å². The molecule has 0 radical (unpaired) electrons. The van der Waals surface area contributed by atoms with Gasteiger partial charge in [-0.15, -0.1) is 0 Å². The Hall–Kier alpha value is -0.860. The van der Waals surface area contributed by atoms with E-state index in [0.29, 0.717) is 6.04 Å². The van der Waals surface area contributed by atoms with E-state index in [1.165, 1.54) is 31.5 Å². The van der Waals surface area contributed by atoms with E-state index in [1.54, 1.807) is 0 Å². The van der Waals surface area contributed by atoms with Crippen molar-refractivity contribution in [1.29, 1.82) is 0 Å². The van der Waals surface area contributed by atoms with Crippen molar-refractivity contribution >= 4 is 0 Å². The minimum atomic E-state index is 0.490. The molecule has 1 aromatic carbocycles. The third-order valence-corrected chi connectivity index (χ3v) is 3.17. The van der Waals surface area contributed by atoms with Crippen molar-refractivity contribution in [3.63, 3.8) is 0 Å². The number of rotatable bonds is 4. The summed E-state index contributed by atoms with van der Waals surface area (Å²) >= 11 is 0. The molecule has 82 valence electrons. The summed E-state index contributed by atoms with van der Waals surface area (Å²) in [4.78, 5) is 2.54. The predicted molar refractivity (Wildman–Crippen MR) is 62.1 cm³/mol. The van der Waals surface area contributed by atoms with Crippen LogP contribution in [0.3, 0.4) is 0 Å². The fraction of sp³-hybridized carbons (Fsp3) is 0.462. The lowest BCUT2D eigenvalue weighted by Crippen LogP contribution is -2.80. The van der Waals surface area contributed by atoms with Crippen molar-refractivity contribution in [3.8, 4) is 0 Å². The fourth-order valence-corrected chi connectivity index (χ4v) is 2.26. The Bertz CT molecular complexity index is 278. The Morgan fingerprint density at radius 1 is 1.20 bits per heavy atom. The zero-order chi connectivity index (χ0) is 10.5. The summed E-state index contributed by atoms with van der Waals surface area (Å²) in [6.07, 6.45) is 2.72. The van der Waals surface area contributed by atoms with Gasteiger partial charge in [-0.05, 0) is 25.9 Å². The van der Waals surface area contributed by atoms with Crippen molar-refractivity contribution in [3.05, 3.63) is 42.9 Å². The van der Waals surface area contributed by atoms with Gasteiger partial charge >= 0.3 is 0 Å². The van der Waals surface area contributed by atoms with Crippen LogP contribution in [0.5, 0.6) is 0 Å². The molecular formula is C13H20N2. The number of hydrogen-bond donors (Lipinski definition) is 1. The van der Waals surface area contributed by atoms with Crippen LogP contribution < -0.4 is 5.32 Å². The number of benzene rings is 1. The van der Waals surface area contributed by atoms with Crippen molar-refractivity contribution in [2.45, 2.75) is 18.9 Å². The highest BCUT2D eigenvalue weighted by molar-refractivity contribution is 5.17. The van der Waals surface area contributed by atoms with E-state index in [9.17, 15) is 0 Å². The minimum absolute atomic E-state index is 0.490. The summed E-state index contributed by atoms with van der Waals surface area (Å²) in [5.74, 6) is 0. The number of nitrogens with two attached hydrogens (primary N) is 1. The highest BCUT2D eigenvalue weighted by Crippen LogP contribution is 2.14. The Morgan fingerprint density at radius 3 is 2.47 bits per heavy atom. The molecule has 0 aromatic heterocycles. The van der Waals surface area contributed by atoms with Gasteiger partial charge in [-0.3, -0.25) is 4.90 Å². The molecule has 2 heteroatoms. The van der Waals surface area contributed by atoms with Crippen LogP contribution in [0.1, 0.15) is 24.4 Å². The van der Waals surface area contributed by atoms with Gasteiger partial charge in [0.2, 0.25) is 0 Å². The van der Waals surface area contributed by atoms with Crippen LogP contribution >= 0.6 is 0 Å². The third kappa shape index (κ3) is 2.80. The van der Waals surface area contributed by atoms with Crippen LogP contribution in [0, 0.1) is 7.05 Å². The molecule has 1 aromatic rings. The second kappa shape index (κ2) is 5.29. The lowest BCUT2D eigenvalue weighted by molar-refractivity contribution is -0.640. The first-order valence-electron chi connectivity index (χ1n) is 5.80. The minimum Gasteiger partial charge on any atom is -0.472 e. The van der Waals surface area contributed by atoms with Crippen molar-refractivity contribution in [1.82, 2.24) is 4.90 Å². The van der Waals surface area contributed by atoms with Gasteiger partial charge in [0.05, 0.1) is 6.54 Å². The van der Waals surface area contributed by atoms with Crippen molar-refractivity contribution < 1.29 is 5.32 Å². The molecule has 1 atom stereocenters. The summed E-state index contributed by atoms with van der Waals surface area (Å²) in [5, 5.41) is 2.08. The van der Waals surface area contributed by atoms with Gasteiger partial charge in [0, 0.05) is 5.56 Å². The summed E-state index contributed by atoms with van der Waals surface area (Å²) < 4.78 is 0. The SMILES string of the molecule is [CH2-][NH2+]C(CN1CCCC1)c1ccccc1. The van der Waals surface area contributed by atoms with Gasteiger partial charge in [-0.1, -0.05) is 30.3 Å². The molecule has 1 saturated heterocycles. The van der Waals surface area contributed by atoms with Crippen LogP contribution in [0.25, 0.3) is 0 Å². The Kier molecular flexibility index (Phi) is 3.75. The molecule has 2 rings (SSSR count). The Morgan fingerprint density at radius 2 is 1.87 bits per heavy atom. The summed E-state index contributed by atoms with van der Waals surface area (Å²) in [5.41, 5.74) is 1.39. The lowest BCUT2D eigenvalue weighted by Gasteiger charge is -2.23. The monoisotopic (exact) mass is 204 g/mol. The number of nitrogens with zero attached hydrogens (tertiary/aromatic N) is 1. The molecule has 0 amide bonds. The third-order valence-electron chi connectivity index (χ3n) is 3.17. The van der Waals surface area contributed by atoms with E-state index < -0.39 is 0 Å². The second-order valence-corrected chi connectivity index (χ2v) is 4.26. The topological polar surface area (TPSA) is 19.9 Å². The highest BCUT2D eigenvalue weighted by Gasteiger charge is 2.18. The highest BCUT2D eigenvalue weighted by atomic mass is 15.2. The maximum atomic E-state index is 3.95. The normalized spacial score (nSPS) is 19.3. The summed E-state index contributed by atoms with van der Waals surface area (Å²) in [6.45, 7) is 3.65. The molecule has 1 aliphatic rings. The summed E-state index contributed by atoms with van der Waals surface area (Å²) in [7, 11) is 3.95.